The number of aromatic nitrogens is 3. The summed E-state index contributed by atoms with van der Waals surface area (Å²) in [4.78, 5) is 0. The third kappa shape index (κ3) is 4.48. The molecule has 3 rings (SSSR count). The quantitative estimate of drug-likeness (QED) is 0.511. The van der Waals surface area contributed by atoms with Crippen LogP contribution in [0.3, 0.4) is 0 Å². The molecular formula is C19H27N3O2S. The Morgan fingerprint density at radius 3 is 2.60 bits per heavy atom. The molecule has 1 fully saturated rings. The van der Waals surface area contributed by atoms with Gasteiger partial charge in [-0.15, -0.1) is 10.2 Å². The largest absolute Gasteiger partial charge is 0.493 e. The maximum Gasteiger partial charge on any atom is 0.191 e. The molecule has 1 aromatic heterocycles. The number of hydrogen-bond donors (Lipinski definition) is 0. The van der Waals surface area contributed by atoms with Crippen LogP contribution in [0.1, 0.15) is 50.8 Å². The number of methoxy groups -OCH3 is 1. The van der Waals surface area contributed by atoms with E-state index in [2.05, 4.69) is 21.7 Å². The van der Waals surface area contributed by atoms with Gasteiger partial charge < -0.3 is 14.0 Å². The average molecular weight is 362 g/mol. The highest BCUT2D eigenvalue weighted by Gasteiger charge is 2.22. The zero-order valence-corrected chi connectivity index (χ0v) is 15.9. The highest BCUT2D eigenvalue weighted by atomic mass is 32.2. The molecule has 0 bridgehead atoms. The van der Waals surface area contributed by atoms with E-state index in [9.17, 15) is 0 Å². The van der Waals surface area contributed by atoms with Gasteiger partial charge in [0.05, 0.1) is 13.7 Å². The van der Waals surface area contributed by atoms with E-state index in [1.54, 1.807) is 18.9 Å². The van der Waals surface area contributed by atoms with Crippen LogP contribution < -0.4 is 9.47 Å². The zero-order chi connectivity index (χ0) is 17.5. The van der Waals surface area contributed by atoms with Crippen molar-refractivity contribution in [2.45, 2.75) is 56.6 Å². The van der Waals surface area contributed by atoms with Crippen LogP contribution in [0.4, 0.5) is 0 Å². The van der Waals surface area contributed by atoms with E-state index >= 15 is 0 Å². The highest BCUT2D eigenvalue weighted by molar-refractivity contribution is 7.99. The van der Waals surface area contributed by atoms with E-state index in [-0.39, 0.29) is 0 Å². The average Bonchev–Trinajstić information content (AvgIpc) is 3.09. The van der Waals surface area contributed by atoms with Gasteiger partial charge in [-0.05, 0) is 31.9 Å². The molecule has 0 atom stereocenters. The van der Waals surface area contributed by atoms with Gasteiger partial charge >= 0.3 is 0 Å². The van der Waals surface area contributed by atoms with E-state index in [4.69, 9.17) is 9.47 Å². The molecule has 1 aromatic carbocycles. The molecular weight excluding hydrogens is 334 g/mol. The molecule has 1 saturated carbocycles. The Labute approximate surface area is 154 Å². The molecule has 0 spiro atoms. The lowest BCUT2D eigenvalue weighted by atomic mass is 9.89. The number of ether oxygens (including phenoxy) is 2. The van der Waals surface area contributed by atoms with E-state index in [0.29, 0.717) is 12.5 Å². The van der Waals surface area contributed by atoms with Crippen molar-refractivity contribution < 1.29 is 9.47 Å². The minimum atomic E-state index is 0.584. The van der Waals surface area contributed by atoms with Crippen LogP contribution in [0.25, 0.3) is 0 Å². The topological polar surface area (TPSA) is 49.2 Å². The Bertz CT molecular complexity index is 668. The van der Waals surface area contributed by atoms with Gasteiger partial charge in [0, 0.05) is 18.2 Å². The van der Waals surface area contributed by atoms with Crippen molar-refractivity contribution in [1.82, 2.24) is 14.8 Å². The summed E-state index contributed by atoms with van der Waals surface area (Å²) in [5.74, 6) is 4.14. The van der Waals surface area contributed by atoms with Gasteiger partial charge in [0.15, 0.2) is 16.7 Å². The molecule has 0 N–H and O–H groups in total. The Balaban J connectivity index is 1.55. The second-order valence-electron chi connectivity index (χ2n) is 6.27. The fourth-order valence-electron chi connectivity index (χ4n) is 3.39. The van der Waals surface area contributed by atoms with Crippen molar-refractivity contribution in [2.24, 2.45) is 0 Å². The minimum Gasteiger partial charge on any atom is -0.493 e. The van der Waals surface area contributed by atoms with Crippen LogP contribution in [0.15, 0.2) is 29.4 Å². The van der Waals surface area contributed by atoms with Crippen molar-refractivity contribution >= 4 is 11.8 Å². The second kappa shape index (κ2) is 9.13. The second-order valence-corrected chi connectivity index (χ2v) is 7.33. The van der Waals surface area contributed by atoms with Gasteiger partial charge in [0.2, 0.25) is 0 Å². The third-order valence-corrected chi connectivity index (χ3v) is 5.60. The third-order valence-electron chi connectivity index (χ3n) is 4.67. The Morgan fingerprint density at radius 1 is 1.12 bits per heavy atom. The smallest absolute Gasteiger partial charge is 0.191 e. The number of benzene rings is 1. The lowest BCUT2D eigenvalue weighted by molar-refractivity contribution is 0.313. The van der Waals surface area contributed by atoms with Crippen molar-refractivity contribution in [3.8, 4) is 11.5 Å². The summed E-state index contributed by atoms with van der Waals surface area (Å²) in [5.41, 5.74) is 0. The van der Waals surface area contributed by atoms with Crippen molar-refractivity contribution in [2.75, 3.05) is 19.5 Å². The van der Waals surface area contributed by atoms with Crippen LogP contribution >= 0.6 is 11.8 Å². The fourth-order valence-corrected chi connectivity index (χ4v) is 4.22. The number of nitrogens with zero attached hydrogens (tertiary/aromatic N) is 3. The molecule has 2 aromatic rings. The maximum atomic E-state index is 5.84. The first-order valence-corrected chi connectivity index (χ1v) is 10.1. The summed E-state index contributed by atoms with van der Waals surface area (Å²) in [7, 11) is 1.66. The summed E-state index contributed by atoms with van der Waals surface area (Å²) in [6, 6.07) is 7.73. The summed E-state index contributed by atoms with van der Waals surface area (Å²) < 4.78 is 13.4. The van der Waals surface area contributed by atoms with E-state index in [1.165, 1.54) is 37.9 Å². The van der Waals surface area contributed by atoms with Crippen LogP contribution in [-0.4, -0.2) is 34.2 Å². The van der Waals surface area contributed by atoms with Crippen molar-refractivity contribution in [3.63, 3.8) is 0 Å². The molecule has 0 unspecified atom stereocenters. The monoisotopic (exact) mass is 361 g/mol. The lowest BCUT2D eigenvalue weighted by Crippen LogP contribution is -2.12. The van der Waals surface area contributed by atoms with Gasteiger partial charge in [-0.3, -0.25) is 0 Å². The summed E-state index contributed by atoms with van der Waals surface area (Å²) in [6.45, 7) is 3.71. The van der Waals surface area contributed by atoms with Crippen LogP contribution in [0, 0.1) is 0 Å². The molecule has 0 amide bonds. The molecule has 0 aliphatic heterocycles. The number of hydrogen-bond acceptors (Lipinski definition) is 5. The van der Waals surface area contributed by atoms with E-state index < -0.39 is 0 Å². The van der Waals surface area contributed by atoms with E-state index in [1.807, 2.05) is 24.3 Å². The Hall–Kier alpha value is -1.69. The highest BCUT2D eigenvalue weighted by Crippen LogP contribution is 2.33. The molecule has 6 heteroatoms. The molecule has 0 radical (unpaired) electrons. The normalized spacial score (nSPS) is 15.3. The van der Waals surface area contributed by atoms with Gasteiger partial charge in [-0.2, -0.15) is 0 Å². The SMILES string of the molecule is CCn1c(SCCOc2ccccc2OC)nnc1C1CCCCC1. The predicted molar refractivity (Wildman–Crippen MR) is 101 cm³/mol. The summed E-state index contributed by atoms with van der Waals surface area (Å²) >= 11 is 1.71. The first kappa shape index (κ1) is 18.1. The summed E-state index contributed by atoms with van der Waals surface area (Å²) in [5, 5.41) is 9.95. The van der Waals surface area contributed by atoms with Gasteiger partial charge in [-0.1, -0.05) is 43.2 Å². The minimum absolute atomic E-state index is 0.584. The number of para-hydroxylation sites is 2. The molecule has 1 heterocycles. The molecule has 5 nitrogen and oxygen atoms in total. The van der Waals surface area contributed by atoms with Crippen LogP contribution in [0.5, 0.6) is 11.5 Å². The van der Waals surface area contributed by atoms with Crippen LogP contribution in [-0.2, 0) is 6.54 Å². The number of rotatable bonds is 8. The number of thioether (sulfide) groups is 1. The molecule has 25 heavy (non-hydrogen) atoms. The van der Waals surface area contributed by atoms with Crippen molar-refractivity contribution in [1.29, 1.82) is 0 Å². The molecule has 1 aliphatic rings. The molecule has 1 aliphatic carbocycles. The fraction of sp³-hybridized carbons (Fsp3) is 0.579. The van der Waals surface area contributed by atoms with Gasteiger partial charge in [0.25, 0.3) is 0 Å². The Morgan fingerprint density at radius 2 is 1.88 bits per heavy atom. The molecule has 0 saturated heterocycles. The maximum absolute atomic E-state index is 5.84. The predicted octanol–water partition coefficient (Wildman–Crippen LogP) is 4.53. The standard InChI is InChI=1S/C19H27N3O2S/c1-3-22-18(15-9-5-4-6-10-15)20-21-19(22)25-14-13-24-17-12-8-7-11-16(17)23-2/h7-8,11-12,15H,3-6,9-10,13-14H2,1-2H3. The van der Waals surface area contributed by atoms with Gasteiger partial charge in [-0.25, -0.2) is 0 Å². The van der Waals surface area contributed by atoms with Gasteiger partial charge in [0.1, 0.15) is 5.82 Å². The lowest BCUT2D eigenvalue weighted by Gasteiger charge is -2.21. The zero-order valence-electron chi connectivity index (χ0n) is 15.1. The first-order chi connectivity index (χ1) is 12.3. The summed E-state index contributed by atoms with van der Waals surface area (Å²) in [6.07, 6.45) is 6.49. The van der Waals surface area contributed by atoms with Crippen molar-refractivity contribution in [3.05, 3.63) is 30.1 Å². The van der Waals surface area contributed by atoms with Crippen LogP contribution in [0.2, 0.25) is 0 Å². The first-order valence-electron chi connectivity index (χ1n) is 9.15. The molecule has 136 valence electrons. The Kier molecular flexibility index (Phi) is 6.62. The van der Waals surface area contributed by atoms with E-state index in [0.717, 1.165) is 29.0 Å².